The van der Waals surface area contributed by atoms with Gasteiger partial charge < -0.3 is 10.2 Å². The fraction of sp³-hybridized carbons (Fsp3) is 0.889. The zero-order valence-electron chi connectivity index (χ0n) is 8.77. The number of rotatable bonds is 3. The molecule has 1 N–H and O–H groups in total. The molecule has 0 saturated carbocycles. The molecule has 0 radical (unpaired) electrons. The third kappa shape index (κ3) is 3.72. The molecule has 1 amide bonds. The van der Waals surface area contributed by atoms with Crippen molar-refractivity contribution in [3.05, 3.63) is 0 Å². The molecule has 0 saturated heterocycles. The lowest BCUT2D eigenvalue weighted by Gasteiger charge is -2.32. The standard InChI is InChI=1S/C9H20N2O/c1-6-10-7-8(12)11(5)9(2,3)4/h10H,6-7H2,1-5H3. The van der Waals surface area contributed by atoms with Gasteiger partial charge in [-0.25, -0.2) is 0 Å². The largest absolute Gasteiger partial charge is 0.340 e. The molecule has 3 nitrogen and oxygen atoms in total. The Morgan fingerprint density at radius 2 is 1.92 bits per heavy atom. The van der Waals surface area contributed by atoms with Crippen molar-refractivity contribution >= 4 is 5.91 Å². The first kappa shape index (κ1) is 11.4. The average Bonchev–Trinajstić information content (AvgIpc) is 1.97. The molecular weight excluding hydrogens is 152 g/mol. The van der Waals surface area contributed by atoms with E-state index in [1.165, 1.54) is 0 Å². The van der Waals surface area contributed by atoms with Gasteiger partial charge in [0, 0.05) is 12.6 Å². The zero-order chi connectivity index (χ0) is 9.78. The number of amides is 1. The van der Waals surface area contributed by atoms with Crippen LogP contribution in [0.5, 0.6) is 0 Å². The van der Waals surface area contributed by atoms with Gasteiger partial charge in [0.1, 0.15) is 0 Å². The van der Waals surface area contributed by atoms with E-state index in [2.05, 4.69) is 5.32 Å². The number of hydrogen-bond donors (Lipinski definition) is 1. The maximum Gasteiger partial charge on any atom is 0.236 e. The van der Waals surface area contributed by atoms with E-state index in [-0.39, 0.29) is 11.4 Å². The SMILES string of the molecule is CCNCC(=O)N(C)C(C)(C)C. The highest BCUT2D eigenvalue weighted by Crippen LogP contribution is 2.09. The Bertz CT molecular complexity index is 149. The molecule has 0 atom stereocenters. The molecule has 0 heterocycles. The maximum absolute atomic E-state index is 11.4. The third-order valence-electron chi connectivity index (χ3n) is 1.91. The van der Waals surface area contributed by atoms with Crippen LogP contribution in [0.3, 0.4) is 0 Å². The molecule has 0 aromatic heterocycles. The number of hydrogen-bond acceptors (Lipinski definition) is 2. The van der Waals surface area contributed by atoms with Gasteiger partial charge in [-0.3, -0.25) is 4.79 Å². The minimum atomic E-state index is -0.0769. The van der Waals surface area contributed by atoms with Crippen LogP contribution in [-0.4, -0.2) is 36.5 Å². The molecule has 3 heteroatoms. The highest BCUT2D eigenvalue weighted by molar-refractivity contribution is 5.78. The number of nitrogens with zero attached hydrogens (tertiary/aromatic N) is 1. The van der Waals surface area contributed by atoms with Crippen LogP contribution in [0.2, 0.25) is 0 Å². The molecule has 12 heavy (non-hydrogen) atoms. The van der Waals surface area contributed by atoms with Gasteiger partial charge in [0.05, 0.1) is 6.54 Å². The van der Waals surface area contributed by atoms with Crippen molar-refractivity contribution in [1.29, 1.82) is 0 Å². The van der Waals surface area contributed by atoms with Crippen LogP contribution in [0, 0.1) is 0 Å². The summed E-state index contributed by atoms with van der Waals surface area (Å²) in [6.07, 6.45) is 0. The fourth-order valence-electron chi connectivity index (χ4n) is 0.725. The first-order chi connectivity index (χ1) is 5.39. The monoisotopic (exact) mass is 172 g/mol. The molecular formula is C9H20N2O. The topological polar surface area (TPSA) is 32.3 Å². The molecule has 0 rings (SSSR count). The summed E-state index contributed by atoms with van der Waals surface area (Å²) in [5.41, 5.74) is -0.0769. The van der Waals surface area contributed by atoms with Gasteiger partial charge in [-0.15, -0.1) is 0 Å². The maximum atomic E-state index is 11.4. The van der Waals surface area contributed by atoms with Gasteiger partial charge >= 0.3 is 0 Å². The van der Waals surface area contributed by atoms with Crippen LogP contribution >= 0.6 is 0 Å². The van der Waals surface area contributed by atoms with Gasteiger partial charge in [-0.1, -0.05) is 6.92 Å². The second-order valence-electron chi connectivity index (χ2n) is 3.90. The summed E-state index contributed by atoms with van der Waals surface area (Å²) in [6.45, 7) is 9.34. The molecule has 0 aliphatic rings. The fourth-order valence-corrected chi connectivity index (χ4v) is 0.725. The Hall–Kier alpha value is -0.570. The lowest BCUT2D eigenvalue weighted by molar-refractivity contribution is -0.133. The van der Waals surface area contributed by atoms with Crippen molar-refractivity contribution < 1.29 is 4.79 Å². The summed E-state index contributed by atoms with van der Waals surface area (Å²) in [4.78, 5) is 13.2. The molecule has 72 valence electrons. The molecule has 0 spiro atoms. The number of nitrogens with one attached hydrogen (secondary N) is 1. The van der Waals surface area contributed by atoms with E-state index in [0.717, 1.165) is 6.54 Å². The summed E-state index contributed by atoms with van der Waals surface area (Å²) < 4.78 is 0. The lowest BCUT2D eigenvalue weighted by atomic mass is 10.1. The molecule has 0 fully saturated rings. The third-order valence-corrected chi connectivity index (χ3v) is 1.91. The van der Waals surface area contributed by atoms with E-state index in [0.29, 0.717) is 6.54 Å². The van der Waals surface area contributed by atoms with E-state index >= 15 is 0 Å². The molecule has 0 aromatic carbocycles. The minimum absolute atomic E-state index is 0.0769. The van der Waals surface area contributed by atoms with E-state index in [1.54, 1.807) is 4.90 Å². The van der Waals surface area contributed by atoms with E-state index in [9.17, 15) is 4.79 Å². The van der Waals surface area contributed by atoms with Gasteiger partial charge in [-0.05, 0) is 27.3 Å². The Kier molecular flexibility index (Phi) is 4.24. The van der Waals surface area contributed by atoms with Crippen molar-refractivity contribution in [2.24, 2.45) is 0 Å². The Morgan fingerprint density at radius 1 is 1.42 bits per heavy atom. The second-order valence-corrected chi connectivity index (χ2v) is 3.90. The highest BCUT2D eigenvalue weighted by atomic mass is 16.2. The summed E-state index contributed by atoms with van der Waals surface area (Å²) in [5, 5.41) is 3.01. The van der Waals surface area contributed by atoms with Crippen molar-refractivity contribution in [2.45, 2.75) is 33.2 Å². The average molecular weight is 172 g/mol. The first-order valence-corrected chi connectivity index (χ1v) is 4.37. The quantitative estimate of drug-likeness (QED) is 0.684. The van der Waals surface area contributed by atoms with Crippen molar-refractivity contribution in [1.82, 2.24) is 10.2 Å². The van der Waals surface area contributed by atoms with Crippen LogP contribution in [0.4, 0.5) is 0 Å². The van der Waals surface area contributed by atoms with E-state index in [1.807, 2.05) is 34.7 Å². The van der Waals surface area contributed by atoms with Crippen LogP contribution in [0.15, 0.2) is 0 Å². The molecule has 0 bridgehead atoms. The summed E-state index contributed by atoms with van der Waals surface area (Å²) in [6, 6.07) is 0. The number of likely N-dealkylation sites (N-methyl/N-ethyl adjacent to an activating group) is 2. The van der Waals surface area contributed by atoms with Crippen molar-refractivity contribution in [3.8, 4) is 0 Å². The van der Waals surface area contributed by atoms with Gasteiger partial charge in [0.15, 0.2) is 0 Å². The summed E-state index contributed by atoms with van der Waals surface area (Å²) in [7, 11) is 1.83. The lowest BCUT2D eigenvalue weighted by Crippen LogP contribution is -2.46. The van der Waals surface area contributed by atoms with Crippen LogP contribution in [-0.2, 0) is 4.79 Å². The Labute approximate surface area is 75.1 Å². The van der Waals surface area contributed by atoms with E-state index < -0.39 is 0 Å². The second kappa shape index (κ2) is 4.45. The summed E-state index contributed by atoms with van der Waals surface area (Å²) in [5.74, 6) is 0.143. The van der Waals surface area contributed by atoms with Gasteiger partial charge in [0.25, 0.3) is 0 Å². The normalized spacial score (nSPS) is 11.4. The van der Waals surface area contributed by atoms with Gasteiger partial charge in [0.2, 0.25) is 5.91 Å². The number of carbonyl (C=O) groups excluding carboxylic acids is 1. The molecule has 0 unspecified atom stereocenters. The Balaban J connectivity index is 3.94. The van der Waals surface area contributed by atoms with E-state index in [4.69, 9.17) is 0 Å². The minimum Gasteiger partial charge on any atom is -0.340 e. The van der Waals surface area contributed by atoms with Crippen LogP contribution < -0.4 is 5.32 Å². The molecule has 0 aromatic rings. The molecule has 0 aliphatic heterocycles. The first-order valence-electron chi connectivity index (χ1n) is 4.37. The highest BCUT2D eigenvalue weighted by Gasteiger charge is 2.21. The molecule has 0 aliphatic carbocycles. The van der Waals surface area contributed by atoms with Crippen molar-refractivity contribution in [2.75, 3.05) is 20.1 Å². The smallest absolute Gasteiger partial charge is 0.236 e. The van der Waals surface area contributed by atoms with Gasteiger partial charge in [-0.2, -0.15) is 0 Å². The zero-order valence-corrected chi connectivity index (χ0v) is 8.77. The predicted octanol–water partition coefficient (Wildman–Crippen LogP) is 0.853. The Morgan fingerprint density at radius 3 is 2.25 bits per heavy atom. The summed E-state index contributed by atoms with van der Waals surface area (Å²) >= 11 is 0. The van der Waals surface area contributed by atoms with Crippen LogP contribution in [0.1, 0.15) is 27.7 Å². The van der Waals surface area contributed by atoms with Crippen LogP contribution in [0.25, 0.3) is 0 Å². The number of carbonyl (C=O) groups is 1. The van der Waals surface area contributed by atoms with Crippen molar-refractivity contribution in [3.63, 3.8) is 0 Å². The predicted molar refractivity (Wildman–Crippen MR) is 51.1 cm³/mol.